The van der Waals surface area contributed by atoms with Crippen LogP contribution in [0, 0.1) is 6.92 Å². The number of alkyl halides is 1. The zero-order valence-electron chi connectivity index (χ0n) is 20.7. The predicted molar refractivity (Wildman–Crippen MR) is 140 cm³/mol. The van der Waals surface area contributed by atoms with Crippen LogP contribution < -0.4 is 5.32 Å². The highest BCUT2D eigenvalue weighted by molar-refractivity contribution is 9.09. The Morgan fingerprint density at radius 2 is 1.66 bits per heavy atom. The molecular formula is C26H46BrNO. The van der Waals surface area contributed by atoms with Gasteiger partial charge in [-0.1, -0.05) is 100 Å². The van der Waals surface area contributed by atoms with E-state index in [0.29, 0.717) is 5.56 Å². The molecule has 1 atom stereocenters. The summed E-state index contributed by atoms with van der Waals surface area (Å²) in [6.45, 7) is 27.5. The second-order valence-corrected chi connectivity index (χ2v) is 6.40. The molecule has 1 rings (SSSR count). The van der Waals surface area contributed by atoms with Crippen LogP contribution in [-0.4, -0.2) is 17.3 Å². The van der Waals surface area contributed by atoms with Gasteiger partial charge in [-0.25, -0.2) is 0 Å². The largest absolute Gasteiger partial charge is 0.346 e. The first-order valence-electron chi connectivity index (χ1n) is 10.7. The summed E-state index contributed by atoms with van der Waals surface area (Å²) in [6, 6.07) is 5.74. The van der Waals surface area contributed by atoms with Crippen molar-refractivity contribution in [2.45, 2.75) is 81.7 Å². The summed E-state index contributed by atoms with van der Waals surface area (Å²) in [4.78, 5) is 12.0. The van der Waals surface area contributed by atoms with E-state index in [0.717, 1.165) is 22.0 Å². The fourth-order valence-electron chi connectivity index (χ4n) is 1.85. The van der Waals surface area contributed by atoms with Gasteiger partial charge in [-0.2, -0.15) is 0 Å². The molecule has 0 fully saturated rings. The van der Waals surface area contributed by atoms with E-state index >= 15 is 0 Å². The van der Waals surface area contributed by atoms with E-state index in [4.69, 9.17) is 0 Å². The highest BCUT2D eigenvalue weighted by Crippen LogP contribution is 2.18. The molecule has 29 heavy (non-hydrogen) atoms. The molecule has 0 radical (unpaired) electrons. The number of halogens is 1. The highest BCUT2D eigenvalue weighted by atomic mass is 79.9. The van der Waals surface area contributed by atoms with Crippen molar-refractivity contribution in [1.82, 2.24) is 5.32 Å². The fourth-order valence-corrected chi connectivity index (χ4v) is 1.85. The molecule has 0 saturated heterocycles. The van der Waals surface area contributed by atoms with E-state index in [-0.39, 0.29) is 11.9 Å². The molecule has 1 N–H and O–H groups in total. The Balaban J connectivity index is -0.000000238. The third kappa shape index (κ3) is 20.9. The van der Waals surface area contributed by atoms with Crippen LogP contribution in [0.4, 0.5) is 0 Å². The summed E-state index contributed by atoms with van der Waals surface area (Å²) < 4.78 is 0. The van der Waals surface area contributed by atoms with Crippen molar-refractivity contribution in [2.75, 3.05) is 5.33 Å². The van der Waals surface area contributed by atoms with Gasteiger partial charge in [0, 0.05) is 16.9 Å². The van der Waals surface area contributed by atoms with Gasteiger partial charge in [0.25, 0.3) is 5.91 Å². The van der Waals surface area contributed by atoms with Gasteiger partial charge in [-0.05, 0) is 51.0 Å². The van der Waals surface area contributed by atoms with Crippen molar-refractivity contribution < 1.29 is 4.79 Å². The second-order valence-electron chi connectivity index (χ2n) is 5.75. The molecule has 0 spiro atoms. The van der Waals surface area contributed by atoms with Crippen LogP contribution in [0.3, 0.4) is 0 Å². The summed E-state index contributed by atoms with van der Waals surface area (Å²) in [5.74, 6) is -0.0527. The number of hydrogen-bond donors (Lipinski definition) is 1. The van der Waals surface area contributed by atoms with Crippen molar-refractivity contribution >= 4 is 27.4 Å². The zero-order valence-corrected chi connectivity index (χ0v) is 22.2. The molecule has 0 aromatic heterocycles. The number of rotatable bonds is 5. The summed E-state index contributed by atoms with van der Waals surface area (Å²) >= 11 is 3.13. The maximum atomic E-state index is 12.0. The lowest BCUT2D eigenvalue weighted by molar-refractivity contribution is 0.0947. The Morgan fingerprint density at radius 1 is 1.21 bits per heavy atom. The molecule has 1 aromatic carbocycles. The van der Waals surface area contributed by atoms with Gasteiger partial charge < -0.3 is 5.32 Å². The molecular weight excluding hydrogens is 422 g/mol. The number of aryl methyl sites for hydroxylation is 1. The van der Waals surface area contributed by atoms with Crippen molar-refractivity contribution in [1.29, 1.82) is 0 Å². The van der Waals surface area contributed by atoms with Crippen LogP contribution >= 0.6 is 15.9 Å². The number of carbonyl (C=O) groups excluding carboxylic acids is 1. The van der Waals surface area contributed by atoms with Crippen LogP contribution in [0.1, 0.15) is 90.2 Å². The maximum absolute atomic E-state index is 12.0. The molecule has 0 saturated carbocycles. The molecule has 1 amide bonds. The van der Waals surface area contributed by atoms with E-state index in [1.54, 1.807) is 6.08 Å². The van der Waals surface area contributed by atoms with Crippen LogP contribution in [0.25, 0.3) is 5.57 Å². The molecule has 0 aliphatic heterocycles. The second kappa shape index (κ2) is 26.4. The van der Waals surface area contributed by atoms with Crippen molar-refractivity contribution in [3.63, 3.8) is 0 Å². The number of carbonyl (C=O) groups is 1. The smallest absolute Gasteiger partial charge is 0.251 e. The van der Waals surface area contributed by atoms with Crippen LogP contribution in [0.15, 0.2) is 49.6 Å². The third-order valence-corrected chi connectivity index (χ3v) is 3.37. The normalized spacial score (nSPS) is 9.62. The first-order valence-corrected chi connectivity index (χ1v) is 11.8. The SMILES string of the molecule is C=C(C)c1cc(C(=O)N[C@@H](C)/C=C/C)ccc1C.C=CCBr.CC.CC.CCC. The van der Waals surface area contributed by atoms with E-state index in [9.17, 15) is 4.79 Å². The molecule has 168 valence electrons. The average molecular weight is 469 g/mol. The fraction of sp³-hybridized carbons (Fsp3) is 0.500. The topological polar surface area (TPSA) is 29.1 Å². The lowest BCUT2D eigenvalue weighted by Crippen LogP contribution is -2.31. The van der Waals surface area contributed by atoms with Crippen LogP contribution in [-0.2, 0) is 0 Å². The molecule has 0 unspecified atom stereocenters. The van der Waals surface area contributed by atoms with E-state index in [1.165, 1.54) is 6.42 Å². The van der Waals surface area contributed by atoms with Crippen LogP contribution in [0.2, 0.25) is 0 Å². The first-order chi connectivity index (χ1) is 13.8. The van der Waals surface area contributed by atoms with Gasteiger partial charge in [-0.15, -0.1) is 6.58 Å². The molecule has 2 nitrogen and oxygen atoms in total. The Kier molecular flexibility index (Phi) is 31.7. The molecule has 3 heteroatoms. The van der Waals surface area contributed by atoms with Crippen molar-refractivity contribution in [2.24, 2.45) is 0 Å². The molecule has 0 aliphatic carbocycles. The Bertz CT molecular complexity index is 562. The minimum absolute atomic E-state index is 0.0390. The summed E-state index contributed by atoms with van der Waals surface area (Å²) in [6.07, 6.45) is 6.92. The third-order valence-electron chi connectivity index (χ3n) is 2.91. The van der Waals surface area contributed by atoms with E-state index in [1.807, 2.05) is 85.7 Å². The maximum Gasteiger partial charge on any atom is 0.251 e. The Hall–Kier alpha value is -1.61. The van der Waals surface area contributed by atoms with Crippen molar-refractivity contribution in [3.8, 4) is 0 Å². The van der Waals surface area contributed by atoms with E-state index in [2.05, 4.69) is 48.3 Å². The number of amides is 1. The van der Waals surface area contributed by atoms with Gasteiger partial charge in [0.2, 0.25) is 0 Å². The molecule has 0 aliphatic rings. The Morgan fingerprint density at radius 3 is 2.00 bits per heavy atom. The number of hydrogen-bond acceptors (Lipinski definition) is 1. The number of benzene rings is 1. The molecule has 0 bridgehead atoms. The minimum atomic E-state index is -0.0527. The lowest BCUT2D eigenvalue weighted by atomic mass is 9.99. The van der Waals surface area contributed by atoms with Gasteiger partial charge in [0.1, 0.15) is 0 Å². The lowest BCUT2D eigenvalue weighted by Gasteiger charge is -2.12. The summed E-state index contributed by atoms with van der Waals surface area (Å²) in [5.41, 5.74) is 3.83. The number of nitrogens with one attached hydrogen (secondary N) is 1. The zero-order chi connectivity index (χ0) is 23.8. The van der Waals surface area contributed by atoms with Gasteiger partial charge >= 0.3 is 0 Å². The highest BCUT2D eigenvalue weighted by Gasteiger charge is 2.09. The van der Waals surface area contributed by atoms with Crippen LogP contribution in [0.5, 0.6) is 0 Å². The van der Waals surface area contributed by atoms with Gasteiger partial charge in [0.15, 0.2) is 0 Å². The average Bonchev–Trinajstić information content (AvgIpc) is 2.72. The first kappa shape index (κ1) is 34.9. The standard InChI is InChI=1S/C16H21NO.C3H5Br.C3H8.2C2H6/c1-6-7-13(5)17-16(18)14-9-8-12(4)15(10-14)11(2)3;1-2-3-4;1-3-2;2*1-2/h6-10,13H,2H2,1,3-5H3,(H,17,18);2H,1,3H2;3H2,1-2H3;2*1-2H3/b7-6+;;;;/t13-;;;;/m0..../s1. The summed E-state index contributed by atoms with van der Waals surface area (Å²) in [5, 5.41) is 3.82. The Labute approximate surface area is 190 Å². The number of allylic oxidation sites excluding steroid dienone is 3. The molecule has 0 heterocycles. The van der Waals surface area contributed by atoms with Crippen molar-refractivity contribution in [3.05, 3.63) is 66.3 Å². The van der Waals surface area contributed by atoms with Gasteiger partial charge in [0.05, 0.1) is 0 Å². The monoisotopic (exact) mass is 467 g/mol. The molecule has 1 aromatic rings. The minimum Gasteiger partial charge on any atom is -0.346 e. The summed E-state index contributed by atoms with van der Waals surface area (Å²) in [7, 11) is 0. The predicted octanol–water partition coefficient (Wildman–Crippen LogP) is 8.76. The quantitative estimate of drug-likeness (QED) is 0.340. The van der Waals surface area contributed by atoms with E-state index < -0.39 is 0 Å². The van der Waals surface area contributed by atoms with Gasteiger partial charge in [-0.3, -0.25) is 4.79 Å².